The number of nitrogens with one attached hydrogen (secondary N) is 1. The Morgan fingerprint density at radius 3 is 2.50 bits per heavy atom. The number of amides is 2. The lowest BCUT2D eigenvalue weighted by molar-refractivity contribution is -0.122. The van der Waals surface area contributed by atoms with Gasteiger partial charge in [-0.2, -0.15) is 5.26 Å². The van der Waals surface area contributed by atoms with Gasteiger partial charge in [-0.25, -0.2) is 4.39 Å². The van der Waals surface area contributed by atoms with Crippen LogP contribution in [0.3, 0.4) is 0 Å². The fraction of sp³-hybridized carbons (Fsp3) is 0.250. The van der Waals surface area contributed by atoms with Gasteiger partial charge >= 0.3 is 0 Å². The molecule has 1 aromatic carbocycles. The molecule has 0 aliphatic rings. The van der Waals surface area contributed by atoms with E-state index >= 15 is 0 Å². The number of carbonyl (C=O) groups excluding carboxylic acids is 2. The van der Waals surface area contributed by atoms with Gasteiger partial charge in [0.25, 0.3) is 5.91 Å². The van der Waals surface area contributed by atoms with E-state index in [0.29, 0.717) is 0 Å². The number of carbonyl (C=O) groups is 2. The zero-order valence-corrected chi connectivity index (χ0v) is 10.1. The van der Waals surface area contributed by atoms with Crippen LogP contribution in [0, 0.1) is 23.1 Å². The van der Waals surface area contributed by atoms with Crippen LogP contribution >= 0.6 is 11.6 Å². The van der Waals surface area contributed by atoms with Crippen molar-refractivity contribution in [1.29, 1.82) is 5.26 Å². The van der Waals surface area contributed by atoms with Gasteiger partial charge in [0.05, 0.1) is 6.07 Å². The SMILES string of the molecule is N#CC(CCCl)C(=O)NC(=O)c1ccc(F)cc1. The molecule has 0 heterocycles. The van der Waals surface area contributed by atoms with E-state index < -0.39 is 23.5 Å². The summed E-state index contributed by atoms with van der Waals surface area (Å²) in [4.78, 5) is 23.1. The molecule has 6 heteroatoms. The van der Waals surface area contributed by atoms with E-state index in [9.17, 15) is 14.0 Å². The molecule has 0 aromatic heterocycles. The molecule has 0 fully saturated rings. The van der Waals surface area contributed by atoms with Gasteiger partial charge in [-0.15, -0.1) is 11.6 Å². The molecule has 2 amide bonds. The van der Waals surface area contributed by atoms with Gasteiger partial charge in [-0.3, -0.25) is 14.9 Å². The van der Waals surface area contributed by atoms with Gasteiger partial charge < -0.3 is 0 Å². The van der Waals surface area contributed by atoms with Crippen LogP contribution in [0.15, 0.2) is 24.3 Å². The number of imide groups is 1. The molecule has 1 aromatic rings. The Balaban J connectivity index is 2.67. The van der Waals surface area contributed by atoms with E-state index in [1.165, 1.54) is 12.1 Å². The molecule has 1 N–H and O–H groups in total. The number of alkyl halides is 1. The van der Waals surface area contributed by atoms with E-state index in [2.05, 4.69) is 5.32 Å². The van der Waals surface area contributed by atoms with Crippen molar-refractivity contribution in [3.63, 3.8) is 0 Å². The molecule has 0 radical (unpaired) electrons. The van der Waals surface area contributed by atoms with Gasteiger partial charge in [-0.05, 0) is 30.7 Å². The van der Waals surface area contributed by atoms with Crippen LogP contribution in [0.5, 0.6) is 0 Å². The molecule has 0 spiro atoms. The average Bonchev–Trinajstić information content (AvgIpc) is 2.36. The molecular formula is C12H10ClFN2O2. The predicted molar refractivity (Wildman–Crippen MR) is 63.3 cm³/mol. The Labute approximate surface area is 108 Å². The summed E-state index contributed by atoms with van der Waals surface area (Å²) < 4.78 is 12.6. The third kappa shape index (κ3) is 3.82. The number of nitrogens with zero attached hydrogens (tertiary/aromatic N) is 1. The summed E-state index contributed by atoms with van der Waals surface area (Å²) in [7, 11) is 0. The number of halogens is 2. The van der Waals surface area contributed by atoms with Crippen molar-refractivity contribution < 1.29 is 14.0 Å². The monoisotopic (exact) mass is 268 g/mol. The number of nitriles is 1. The van der Waals surface area contributed by atoms with Crippen molar-refractivity contribution in [2.75, 3.05) is 5.88 Å². The van der Waals surface area contributed by atoms with E-state index in [1.54, 1.807) is 6.07 Å². The fourth-order valence-corrected chi connectivity index (χ4v) is 1.45. The number of hydrogen-bond acceptors (Lipinski definition) is 3. The minimum Gasteiger partial charge on any atom is -0.291 e. The molecule has 0 saturated heterocycles. The van der Waals surface area contributed by atoms with E-state index in [-0.39, 0.29) is 17.9 Å². The van der Waals surface area contributed by atoms with Gasteiger partial charge in [0.2, 0.25) is 5.91 Å². The maximum atomic E-state index is 12.6. The van der Waals surface area contributed by atoms with Gasteiger partial charge in [0.15, 0.2) is 0 Å². The Morgan fingerprint density at radius 1 is 1.39 bits per heavy atom. The quantitative estimate of drug-likeness (QED) is 0.847. The van der Waals surface area contributed by atoms with Gasteiger partial charge in [-0.1, -0.05) is 0 Å². The Morgan fingerprint density at radius 2 is 2.00 bits per heavy atom. The molecule has 1 rings (SSSR count). The third-order valence-corrected chi connectivity index (χ3v) is 2.43. The number of rotatable bonds is 4. The zero-order valence-electron chi connectivity index (χ0n) is 9.32. The summed E-state index contributed by atoms with van der Waals surface area (Å²) in [5.74, 6) is -2.67. The minimum absolute atomic E-state index is 0.146. The lowest BCUT2D eigenvalue weighted by Gasteiger charge is -2.07. The standard InChI is InChI=1S/C12H10ClFN2O2/c13-6-5-9(7-15)12(18)16-11(17)8-1-3-10(14)4-2-8/h1-4,9H,5-6H2,(H,16,17,18). The second kappa shape index (κ2) is 6.72. The summed E-state index contributed by atoms with van der Waals surface area (Å²) in [5, 5.41) is 10.8. The minimum atomic E-state index is -0.966. The van der Waals surface area contributed by atoms with Crippen LogP contribution in [0.1, 0.15) is 16.8 Å². The molecule has 94 valence electrons. The first-order valence-corrected chi connectivity index (χ1v) is 5.68. The van der Waals surface area contributed by atoms with E-state index in [1.807, 2.05) is 0 Å². The lowest BCUT2D eigenvalue weighted by Crippen LogP contribution is -2.35. The zero-order chi connectivity index (χ0) is 13.5. The Hall–Kier alpha value is -1.93. The maximum Gasteiger partial charge on any atom is 0.257 e. The predicted octanol–water partition coefficient (Wildman–Crippen LogP) is 1.85. The second-order valence-corrected chi connectivity index (χ2v) is 3.86. The molecule has 4 nitrogen and oxygen atoms in total. The van der Waals surface area contributed by atoms with Crippen molar-refractivity contribution in [3.05, 3.63) is 35.6 Å². The van der Waals surface area contributed by atoms with Crippen molar-refractivity contribution in [3.8, 4) is 6.07 Å². The highest BCUT2D eigenvalue weighted by molar-refractivity contribution is 6.18. The molecule has 0 aliphatic heterocycles. The largest absolute Gasteiger partial charge is 0.291 e. The fourth-order valence-electron chi connectivity index (χ4n) is 1.24. The third-order valence-electron chi connectivity index (χ3n) is 2.21. The Kier molecular flexibility index (Phi) is 5.28. The first-order valence-electron chi connectivity index (χ1n) is 5.15. The molecule has 0 saturated carbocycles. The van der Waals surface area contributed by atoms with Crippen molar-refractivity contribution in [2.24, 2.45) is 5.92 Å². The number of benzene rings is 1. The summed E-state index contributed by atoms with van der Waals surface area (Å²) in [5.41, 5.74) is 0.146. The van der Waals surface area contributed by atoms with Gasteiger partial charge in [0.1, 0.15) is 11.7 Å². The van der Waals surface area contributed by atoms with Crippen molar-refractivity contribution in [1.82, 2.24) is 5.32 Å². The van der Waals surface area contributed by atoms with Crippen molar-refractivity contribution >= 4 is 23.4 Å². The molecule has 18 heavy (non-hydrogen) atoms. The summed E-state index contributed by atoms with van der Waals surface area (Å²) in [6.45, 7) is 0. The van der Waals surface area contributed by atoms with Crippen LogP contribution in [0.4, 0.5) is 4.39 Å². The van der Waals surface area contributed by atoms with Crippen LogP contribution in [-0.2, 0) is 4.79 Å². The number of hydrogen-bond donors (Lipinski definition) is 1. The summed E-state index contributed by atoms with van der Waals surface area (Å²) >= 11 is 5.43. The average molecular weight is 269 g/mol. The van der Waals surface area contributed by atoms with Crippen LogP contribution in [0.2, 0.25) is 0 Å². The molecule has 0 aliphatic carbocycles. The van der Waals surface area contributed by atoms with E-state index in [4.69, 9.17) is 16.9 Å². The summed E-state index contributed by atoms with van der Waals surface area (Å²) in [6.07, 6.45) is 0.167. The van der Waals surface area contributed by atoms with Crippen molar-refractivity contribution in [2.45, 2.75) is 6.42 Å². The summed E-state index contributed by atoms with van der Waals surface area (Å²) in [6, 6.07) is 6.48. The Bertz CT molecular complexity index is 482. The maximum absolute atomic E-state index is 12.6. The first kappa shape index (κ1) is 14.1. The first-order chi connectivity index (χ1) is 8.58. The highest BCUT2D eigenvalue weighted by atomic mass is 35.5. The highest BCUT2D eigenvalue weighted by Gasteiger charge is 2.20. The molecule has 1 unspecified atom stereocenters. The topological polar surface area (TPSA) is 70.0 Å². The normalized spacial score (nSPS) is 11.4. The van der Waals surface area contributed by atoms with Crippen LogP contribution in [0.25, 0.3) is 0 Å². The highest BCUT2D eigenvalue weighted by Crippen LogP contribution is 2.06. The molecular weight excluding hydrogens is 259 g/mol. The van der Waals surface area contributed by atoms with Crippen LogP contribution in [-0.4, -0.2) is 17.7 Å². The second-order valence-electron chi connectivity index (χ2n) is 3.48. The van der Waals surface area contributed by atoms with Gasteiger partial charge in [0, 0.05) is 11.4 Å². The molecule has 1 atom stereocenters. The lowest BCUT2D eigenvalue weighted by atomic mass is 10.1. The van der Waals surface area contributed by atoms with Crippen LogP contribution < -0.4 is 5.32 Å². The smallest absolute Gasteiger partial charge is 0.257 e. The van der Waals surface area contributed by atoms with E-state index in [0.717, 1.165) is 12.1 Å². The molecule has 0 bridgehead atoms.